The molecule has 0 radical (unpaired) electrons. The molecule has 0 aliphatic carbocycles. The minimum atomic E-state index is -4.57. The molecule has 0 saturated heterocycles. The number of alkyl halides is 6. The Morgan fingerprint density at radius 3 is 1.56 bits per heavy atom. The average molecular weight is 270 g/mol. The Kier molecular flexibility index (Phi) is 4.03. The lowest BCUT2D eigenvalue weighted by atomic mass is 9.97. The van der Waals surface area contributed by atoms with Crippen molar-refractivity contribution >= 4 is 6.29 Å². The number of benzene rings is 1. The molecule has 18 heavy (non-hydrogen) atoms. The second-order valence-corrected chi connectivity index (χ2v) is 3.69. The number of rotatable bonds is 3. The molecule has 0 aromatic heterocycles. The largest absolute Gasteiger partial charge is 0.393 e. The molecule has 1 aromatic rings. The van der Waals surface area contributed by atoms with Gasteiger partial charge in [0, 0.05) is 5.56 Å². The van der Waals surface area contributed by atoms with Gasteiger partial charge in [0.15, 0.2) is 6.29 Å². The zero-order valence-electron chi connectivity index (χ0n) is 8.90. The van der Waals surface area contributed by atoms with E-state index in [-0.39, 0.29) is 6.29 Å². The van der Waals surface area contributed by atoms with E-state index >= 15 is 0 Å². The van der Waals surface area contributed by atoms with Gasteiger partial charge in [0.25, 0.3) is 0 Å². The summed E-state index contributed by atoms with van der Waals surface area (Å²) in [5, 5.41) is 0. The van der Waals surface area contributed by atoms with Crippen LogP contribution in [0.1, 0.15) is 21.5 Å². The van der Waals surface area contributed by atoms with Crippen molar-refractivity contribution in [1.29, 1.82) is 0 Å². The molecule has 0 atom stereocenters. The molecule has 0 bridgehead atoms. The van der Waals surface area contributed by atoms with Gasteiger partial charge in [-0.1, -0.05) is 18.2 Å². The van der Waals surface area contributed by atoms with E-state index in [0.29, 0.717) is 0 Å². The van der Waals surface area contributed by atoms with Crippen molar-refractivity contribution in [2.75, 3.05) is 0 Å². The number of carbonyl (C=O) groups excluding carboxylic acids is 1. The van der Waals surface area contributed by atoms with Gasteiger partial charge in [0.1, 0.15) is 0 Å². The summed E-state index contributed by atoms with van der Waals surface area (Å²) in [6.07, 6.45) is -12.0. The second kappa shape index (κ2) is 4.99. The first-order valence-electron chi connectivity index (χ1n) is 4.82. The first kappa shape index (κ1) is 14.5. The van der Waals surface area contributed by atoms with Crippen LogP contribution in [0.5, 0.6) is 0 Å². The Hall–Kier alpha value is -1.53. The van der Waals surface area contributed by atoms with Crippen molar-refractivity contribution < 1.29 is 31.1 Å². The van der Waals surface area contributed by atoms with Gasteiger partial charge in [-0.15, -0.1) is 0 Å². The molecule has 1 aromatic carbocycles. The Morgan fingerprint density at radius 2 is 1.28 bits per heavy atom. The topological polar surface area (TPSA) is 17.1 Å². The predicted octanol–water partition coefficient (Wildman–Crippen LogP) is 3.71. The molecule has 7 heteroatoms. The lowest BCUT2D eigenvalue weighted by molar-refractivity contribution is -0.127. The van der Waals surface area contributed by atoms with E-state index in [1.165, 1.54) is 0 Å². The van der Waals surface area contributed by atoms with Crippen LogP contribution in [-0.4, -0.2) is 18.6 Å². The molecule has 0 amide bonds. The summed E-state index contributed by atoms with van der Waals surface area (Å²) in [4.78, 5) is 10.7. The van der Waals surface area contributed by atoms with Crippen LogP contribution < -0.4 is 0 Å². The van der Waals surface area contributed by atoms with E-state index in [0.717, 1.165) is 18.2 Å². The third-order valence-electron chi connectivity index (χ3n) is 2.19. The molecule has 100 valence electrons. The Morgan fingerprint density at radius 1 is 0.889 bits per heavy atom. The maximum Gasteiger partial charge on any atom is 0.393 e. The zero-order chi connectivity index (χ0) is 14.0. The van der Waals surface area contributed by atoms with Crippen molar-refractivity contribution in [2.24, 2.45) is 0 Å². The van der Waals surface area contributed by atoms with Gasteiger partial charge in [0.05, 0.1) is 12.8 Å². The monoisotopic (exact) mass is 270 g/mol. The standard InChI is InChI=1S/C11H8F6O/c12-10(13,14)4-7-2-1-3-8(9(7)6-18)5-11(15,16)17/h1-3,6H,4-5H2. The fourth-order valence-corrected chi connectivity index (χ4v) is 1.56. The molecule has 0 unspecified atom stereocenters. The molecule has 1 nitrogen and oxygen atoms in total. The van der Waals surface area contributed by atoms with Crippen LogP contribution in [0.4, 0.5) is 26.3 Å². The fourth-order valence-electron chi connectivity index (χ4n) is 1.56. The van der Waals surface area contributed by atoms with E-state index in [1.54, 1.807) is 0 Å². The van der Waals surface area contributed by atoms with Crippen LogP contribution in [0.15, 0.2) is 18.2 Å². The Balaban J connectivity index is 3.14. The predicted molar refractivity (Wildman–Crippen MR) is 51.3 cm³/mol. The maximum atomic E-state index is 12.2. The molecule has 0 N–H and O–H groups in total. The normalized spacial score (nSPS) is 12.6. The summed E-state index contributed by atoms with van der Waals surface area (Å²) in [6.45, 7) is 0. The summed E-state index contributed by atoms with van der Waals surface area (Å²) in [5.41, 5.74) is -1.43. The summed E-state index contributed by atoms with van der Waals surface area (Å²) in [7, 11) is 0. The second-order valence-electron chi connectivity index (χ2n) is 3.69. The smallest absolute Gasteiger partial charge is 0.298 e. The summed E-state index contributed by atoms with van der Waals surface area (Å²) in [6, 6.07) is 3.07. The summed E-state index contributed by atoms with van der Waals surface area (Å²) >= 11 is 0. The van der Waals surface area contributed by atoms with Crippen LogP contribution in [0.3, 0.4) is 0 Å². The number of hydrogen-bond donors (Lipinski definition) is 0. The average Bonchev–Trinajstić information content (AvgIpc) is 2.12. The van der Waals surface area contributed by atoms with Crippen LogP contribution in [-0.2, 0) is 12.8 Å². The summed E-state index contributed by atoms with van der Waals surface area (Å²) in [5.74, 6) is 0. The molecule has 0 aliphatic rings. The Labute approximate surface area is 98.4 Å². The molecule has 1 rings (SSSR count). The number of hydrogen-bond acceptors (Lipinski definition) is 1. The SMILES string of the molecule is O=Cc1c(CC(F)(F)F)cccc1CC(F)(F)F. The van der Waals surface area contributed by atoms with E-state index in [1.807, 2.05) is 0 Å². The molecule has 0 fully saturated rings. The van der Waals surface area contributed by atoms with Gasteiger partial charge in [-0.3, -0.25) is 4.79 Å². The number of halogens is 6. The van der Waals surface area contributed by atoms with Crippen molar-refractivity contribution in [3.05, 3.63) is 34.9 Å². The van der Waals surface area contributed by atoms with Gasteiger partial charge < -0.3 is 0 Å². The van der Waals surface area contributed by atoms with Gasteiger partial charge in [-0.05, 0) is 11.1 Å². The maximum absolute atomic E-state index is 12.2. The first-order chi connectivity index (χ1) is 8.12. The van der Waals surface area contributed by atoms with E-state index in [4.69, 9.17) is 0 Å². The van der Waals surface area contributed by atoms with E-state index < -0.39 is 41.9 Å². The van der Waals surface area contributed by atoms with Gasteiger partial charge in [-0.25, -0.2) is 0 Å². The van der Waals surface area contributed by atoms with Crippen LogP contribution in [0.2, 0.25) is 0 Å². The molecule has 0 aliphatic heterocycles. The summed E-state index contributed by atoms with van der Waals surface area (Å²) < 4.78 is 73.1. The van der Waals surface area contributed by atoms with E-state index in [9.17, 15) is 31.1 Å². The van der Waals surface area contributed by atoms with Gasteiger partial charge in [-0.2, -0.15) is 26.3 Å². The van der Waals surface area contributed by atoms with Crippen molar-refractivity contribution in [3.8, 4) is 0 Å². The minimum Gasteiger partial charge on any atom is -0.298 e. The lowest BCUT2D eigenvalue weighted by Crippen LogP contribution is -2.17. The van der Waals surface area contributed by atoms with Crippen molar-refractivity contribution in [3.63, 3.8) is 0 Å². The fraction of sp³-hybridized carbons (Fsp3) is 0.364. The lowest BCUT2D eigenvalue weighted by Gasteiger charge is -2.13. The van der Waals surface area contributed by atoms with E-state index in [2.05, 4.69) is 0 Å². The molecule has 0 heterocycles. The minimum absolute atomic E-state index is 0.0299. The zero-order valence-corrected chi connectivity index (χ0v) is 8.90. The molecular weight excluding hydrogens is 262 g/mol. The van der Waals surface area contributed by atoms with Crippen LogP contribution >= 0.6 is 0 Å². The van der Waals surface area contributed by atoms with Crippen molar-refractivity contribution in [1.82, 2.24) is 0 Å². The quantitative estimate of drug-likeness (QED) is 0.604. The Bertz CT molecular complexity index is 398. The molecule has 0 spiro atoms. The number of aldehydes is 1. The number of carbonyl (C=O) groups is 1. The highest BCUT2D eigenvalue weighted by atomic mass is 19.4. The highest BCUT2D eigenvalue weighted by Gasteiger charge is 2.32. The van der Waals surface area contributed by atoms with Gasteiger partial charge >= 0.3 is 12.4 Å². The highest BCUT2D eigenvalue weighted by Crippen LogP contribution is 2.28. The first-order valence-corrected chi connectivity index (χ1v) is 4.82. The highest BCUT2D eigenvalue weighted by molar-refractivity contribution is 5.79. The van der Waals surface area contributed by atoms with Gasteiger partial charge in [0.2, 0.25) is 0 Å². The third kappa shape index (κ3) is 4.38. The molecular formula is C11H8F6O. The third-order valence-corrected chi connectivity index (χ3v) is 2.19. The molecule has 0 saturated carbocycles. The van der Waals surface area contributed by atoms with Crippen LogP contribution in [0, 0.1) is 0 Å². The van der Waals surface area contributed by atoms with Crippen LogP contribution in [0.25, 0.3) is 0 Å². The van der Waals surface area contributed by atoms with Crippen molar-refractivity contribution in [2.45, 2.75) is 25.2 Å².